The summed E-state index contributed by atoms with van der Waals surface area (Å²) >= 11 is 0. The van der Waals surface area contributed by atoms with Crippen molar-refractivity contribution in [1.29, 1.82) is 5.26 Å². The van der Waals surface area contributed by atoms with Gasteiger partial charge in [0.05, 0.1) is 18.2 Å². The summed E-state index contributed by atoms with van der Waals surface area (Å²) in [4.78, 5) is 43.5. The van der Waals surface area contributed by atoms with Crippen LogP contribution in [-0.2, 0) is 19.2 Å². The molecule has 0 aliphatic carbocycles. The van der Waals surface area contributed by atoms with Crippen molar-refractivity contribution in [2.45, 2.75) is 31.7 Å². The Labute approximate surface area is 220 Å². The van der Waals surface area contributed by atoms with Crippen molar-refractivity contribution in [2.75, 3.05) is 39.3 Å². The zero-order chi connectivity index (χ0) is 28.3. The van der Waals surface area contributed by atoms with Crippen LogP contribution in [0.5, 0.6) is 5.75 Å². The third-order valence-corrected chi connectivity index (χ3v) is 5.53. The van der Waals surface area contributed by atoms with Gasteiger partial charge in [-0.25, -0.2) is 19.2 Å². The van der Waals surface area contributed by atoms with Crippen molar-refractivity contribution in [1.82, 2.24) is 9.80 Å². The molecular formula is C26H33N3O9. The van der Waals surface area contributed by atoms with E-state index >= 15 is 0 Å². The minimum atomic E-state index is -1.26. The van der Waals surface area contributed by atoms with Gasteiger partial charge in [-0.1, -0.05) is 6.42 Å². The van der Waals surface area contributed by atoms with Crippen LogP contribution < -0.4 is 4.74 Å². The topological polar surface area (TPSA) is 189 Å². The van der Waals surface area contributed by atoms with Crippen LogP contribution in [0.4, 0.5) is 0 Å². The third-order valence-electron chi connectivity index (χ3n) is 5.53. The molecular weight excluding hydrogens is 498 g/mol. The van der Waals surface area contributed by atoms with Crippen LogP contribution in [0.3, 0.4) is 0 Å². The zero-order valence-corrected chi connectivity index (χ0v) is 20.9. The Hall–Kier alpha value is -4.21. The predicted molar refractivity (Wildman–Crippen MR) is 136 cm³/mol. The number of piperazine rings is 1. The average molecular weight is 532 g/mol. The van der Waals surface area contributed by atoms with Gasteiger partial charge in [-0.2, -0.15) is 5.26 Å². The molecule has 2 heterocycles. The lowest BCUT2D eigenvalue weighted by Crippen LogP contribution is -2.54. The first-order valence-corrected chi connectivity index (χ1v) is 12.0. The Morgan fingerprint density at radius 3 is 1.92 bits per heavy atom. The van der Waals surface area contributed by atoms with E-state index in [1.54, 1.807) is 12.1 Å². The lowest BCUT2D eigenvalue weighted by Gasteiger charge is -2.44. The molecule has 2 saturated heterocycles. The number of piperidine rings is 1. The molecule has 38 heavy (non-hydrogen) atoms. The van der Waals surface area contributed by atoms with Crippen LogP contribution >= 0.6 is 0 Å². The maximum absolute atomic E-state index is 9.55. The second-order valence-corrected chi connectivity index (χ2v) is 8.34. The molecule has 2 aliphatic rings. The van der Waals surface area contributed by atoms with E-state index in [1.165, 1.54) is 45.4 Å². The molecule has 206 valence electrons. The molecule has 2 aliphatic heterocycles. The van der Waals surface area contributed by atoms with Gasteiger partial charge in [-0.3, -0.25) is 4.90 Å². The quantitative estimate of drug-likeness (QED) is 0.268. The molecule has 1 unspecified atom stereocenters. The maximum atomic E-state index is 9.55. The van der Waals surface area contributed by atoms with Crippen molar-refractivity contribution in [3.05, 3.63) is 54.1 Å². The zero-order valence-electron chi connectivity index (χ0n) is 20.9. The highest BCUT2D eigenvalue weighted by Gasteiger charge is 2.28. The van der Waals surface area contributed by atoms with Crippen molar-refractivity contribution >= 4 is 23.9 Å². The van der Waals surface area contributed by atoms with E-state index in [4.69, 9.17) is 30.4 Å². The summed E-state index contributed by atoms with van der Waals surface area (Å²) in [6.45, 7) is 6.85. The van der Waals surface area contributed by atoms with Gasteiger partial charge in [0, 0.05) is 56.5 Å². The highest BCUT2D eigenvalue weighted by Crippen LogP contribution is 2.21. The molecule has 0 amide bonds. The summed E-state index contributed by atoms with van der Waals surface area (Å²) in [6.07, 6.45) is 7.45. The molecule has 1 aromatic rings. The van der Waals surface area contributed by atoms with Gasteiger partial charge >= 0.3 is 23.9 Å². The van der Waals surface area contributed by atoms with Crippen LogP contribution in [0.1, 0.15) is 31.2 Å². The van der Waals surface area contributed by atoms with Gasteiger partial charge in [-0.05, 0) is 50.1 Å². The van der Waals surface area contributed by atoms with Crippen molar-refractivity contribution in [3.8, 4) is 11.8 Å². The fourth-order valence-corrected chi connectivity index (χ4v) is 3.81. The Balaban J connectivity index is 0.000000374. The van der Waals surface area contributed by atoms with E-state index in [0.29, 0.717) is 29.9 Å². The maximum Gasteiger partial charge on any atom is 0.328 e. The molecule has 0 radical (unpaired) electrons. The van der Waals surface area contributed by atoms with E-state index in [1.807, 2.05) is 12.1 Å². The summed E-state index contributed by atoms with van der Waals surface area (Å²) in [6, 6.07) is 10.3. The lowest BCUT2D eigenvalue weighted by atomic mass is 9.99. The van der Waals surface area contributed by atoms with Gasteiger partial charge in [0.25, 0.3) is 0 Å². The molecule has 4 N–H and O–H groups in total. The molecule has 0 aromatic heterocycles. The van der Waals surface area contributed by atoms with Crippen molar-refractivity contribution < 1.29 is 44.3 Å². The number of hydrogen-bond donors (Lipinski definition) is 4. The van der Waals surface area contributed by atoms with Crippen molar-refractivity contribution in [2.24, 2.45) is 0 Å². The molecule has 3 rings (SSSR count). The lowest BCUT2D eigenvalue weighted by molar-refractivity contribution is -0.134. The number of nitriles is 1. The number of rotatable bonds is 9. The van der Waals surface area contributed by atoms with E-state index in [9.17, 15) is 19.2 Å². The highest BCUT2D eigenvalue weighted by molar-refractivity contribution is 5.90. The second-order valence-electron chi connectivity index (χ2n) is 8.34. The first-order valence-electron chi connectivity index (χ1n) is 12.0. The standard InChI is InChI=1S/C18H25N3O.2C4H4O4/c19-14-16-5-7-18(8-6-16)22-13-3-9-20-11-12-21-10-2-1-4-17(21)15-20;2*5-3(6)1-2-4(7)8/h5-8,17H,1-4,9-13,15H2;2*1-2H,(H,5,6)(H,7,8)/b;2*2-1+. The highest BCUT2D eigenvalue weighted by atomic mass is 16.5. The largest absolute Gasteiger partial charge is 0.494 e. The molecule has 12 nitrogen and oxygen atoms in total. The summed E-state index contributed by atoms with van der Waals surface area (Å²) < 4.78 is 5.76. The van der Waals surface area contributed by atoms with Crippen LogP contribution in [0.15, 0.2) is 48.6 Å². The Kier molecular flexibility index (Phi) is 15.2. The van der Waals surface area contributed by atoms with Gasteiger partial charge in [-0.15, -0.1) is 0 Å². The summed E-state index contributed by atoms with van der Waals surface area (Å²) in [7, 11) is 0. The van der Waals surface area contributed by atoms with Crippen LogP contribution in [0.2, 0.25) is 0 Å². The second kappa shape index (κ2) is 18.1. The van der Waals surface area contributed by atoms with Crippen LogP contribution in [0.25, 0.3) is 0 Å². The number of benzene rings is 1. The molecule has 0 bridgehead atoms. The third kappa shape index (κ3) is 15.0. The number of ether oxygens (including phenoxy) is 1. The van der Waals surface area contributed by atoms with Crippen LogP contribution in [0, 0.1) is 11.3 Å². The first kappa shape index (κ1) is 31.8. The Bertz CT molecular complexity index is 950. The molecule has 0 saturated carbocycles. The Morgan fingerprint density at radius 2 is 1.42 bits per heavy atom. The average Bonchev–Trinajstić information content (AvgIpc) is 2.90. The monoisotopic (exact) mass is 531 g/mol. The SMILES string of the molecule is N#Cc1ccc(OCCCN2CCN3CCCCC3C2)cc1.O=C(O)/C=C/C(=O)O.O=C(O)/C=C/C(=O)O. The Morgan fingerprint density at radius 1 is 0.868 bits per heavy atom. The summed E-state index contributed by atoms with van der Waals surface area (Å²) in [5.41, 5.74) is 0.678. The fourth-order valence-electron chi connectivity index (χ4n) is 3.81. The van der Waals surface area contributed by atoms with E-state index < -0.39 is 23.9 Å². The van der Waals surface area contributed by atoms with Gasteiger partial charge < -0.3 is 30.1 Å². The minimum Gasteiger partial charge on any atom is -0.494 e. The molecule has 1 atom stereocenters. The normalized spacial score (nSPS) is 17.2. The molecule has 1 aromatic carbocycles. The number of nitrogens with zero attached hydrogens (tertiary/aromatic N) is 3. The van der Waals surface area contributed by atoms with Crippen LogP contribution in [-0.4, -0.2) is 99.5 Å². The van der Waals surface area contributed by atoms with Crippen molar-refractivity contribution in [3.63, 3.8) is 0 Å². The molecule has 12 heteroatoms. The number of fused-ring (bicyclic) bond motifs is 1. The van der Waals surface area contributed by atoms with Gasteiger partial charge in [0.15, 0.2) is 0 Å². The summed E-state index contributed by atoms with van der Waals surface area (Å²) in [5.74, 6) is -4.17. The number of carboxylic acid groups (broad SMARTS) is 4. The predicted octanol–water partition coefficient (Wildman–Crippen LogP) is 1.92. The number of hydrogen-bond acceptors (Lipinski definition) is 8. The van der Waals surface area contributed by atoms with E-state index in [0.717, 1.165) is 31.4 Å². The number of carbonyl (C=O) groups is 4. The first-order chi connectivity index (χ1) is 18.1. The van der Waals surface area contributed by atoms with E-state index in [-0.39, 0.29) is 0 Å². The smallest absolute Gasteiger partial charge is 0.328 e. The minimum absolute atomic E-state index is 0.558. The van der Waals surface area contributed by atoms with E-state index in [2.05, 4.69) is 15.9 Å². The summed E-state index contributed by atoms with van der Waals surface area (Å²) in [5, 5.41) is 40.0. The molecule has 2 fully saturated rings. The molecule has 0 spiro atoms. The number of carboxylic acids is 4. The number of aliphatic carboxylic acids is 4. The van der Waals surface area contributed by atoms with Gasteiger partial charge in [0.1, 0.15) is 5.75 Å². The van der Waals surface area contributed by atoms with Gasteiger partial charge in [0.2, 0.25) is 0 Å². The fraction of sp³-hybridized carbons (Fsp3) is 0.423.